The van der Waals surface area contributed by atoms with Crippen molar-refractivity contribution in [1.29, 1.82) is 0 Å². The monoisotopic (exact) mass is 164 g/mol. The van der Waals surface area contributed by atoms with Crippen LogP contribution in [0.1, 0.15) is 18.0 Å². The van der Waals surface area contributed by atoms with Gasteiger partial charge in [0.15, 0.2) is 0 Å². The molecule has 0 saturated carbocycles. The van der Waals surface area contributed by atoms with Gasteiger partial charge in [-0.2, -0.15) is 0 Å². The topological polar surface area (TPSA) is 61.3 Å². The van der Waals surface area contributed by atoms with Crippen LogP contribution in [0, 0.1) is 0 Å². The minimum absolute atomic E-state index is 0.106. The third-order valence-corrected chi connectivity index (χ3v) is 2.12. The molecule has 0 unspecified atom stereocenters. The van der Waals surface area contributed by atoms with Crippen LogP contribution in [0.15, 0.2) is 18.2 Å². The van der Waals surface area contributed by atoms with E-state index < -0.39 is 0 Å². The van der Waals surface area contributed by atoms with E-state index in [1.54, 1.807) is 0 Å². The predicted octanol–water partition coefficient (Wildman–Crippen LogP) is 1.05. The average molecular weight is 164 g/mol. The van der Waals surface area contributed by atoms with Crippen molar-refractivity contribution in [2.24, 2.45) is 5.73 Å². The lowest BCUT2D eigenvalue weighted by Crippen LogP contribution is -2.20. The Hall–Kier alpha value is -1.22. The maximum atomic E-state index is 5.88. The Bertz CT molecular complexity index is 299. The van der Waals surface area contributed by atoms with Gasteiger partial charge in [0, 0.05) is 29.8 Å². The zero-order valence-electron chi connectivity index (χ0n) is 6.79. The molecule has 0 fully saturated rings. The standard InChI is InChI=1S/C9H12N2O/c10-6-1-2-7-8(11)3-4-12-9(7)5-6/h1-2,5,8H,3-4,10-11H2/t8-/m0/s1. The number of nitrogen functional groups attached to an aromatic ring is 1. The average Bonchev–Trinajstić information content (AvgIpc) is 2.04. The number of hydrogen-bond donors (Lipinski definition) is 2. The molecule has 12 heavy (non-hydrogen) atoms. The van der Waals surface area contributed by atoms with Crippen molar-refractivity contribution in [3.8, 4) is 5.75 Å². The van der Waals surface area contributed by atoms with Gasteiger partial charge in [-0.1, -0.05) is 6.07 Å². The van der Waals surface area contributed by atoms with Crippen molar-refractivity contribution >= 4 is 5.69 Å². The van der Waals surface area contributed by atoms with E-state index in [0.717, 1.165) is 23.4 Å². The summed E-state index contributed by atoms with van der Waals surface area (Å²) in [6.45, 7) is 0.692. The summed E-state index contributed by atoms with van der Waals surface area (Å²) in [6, 6.07) is 5.73. The van der Waals surface area contributed by atoms with Gasteiger partial charge in [-0.3, -0.25) is 0 Å². The maximum Gasteiger partial charge on any atom is 0.126 e. The van der Waals surface area contributed by atoms with Crippen LogP contribution in [0.25, 0.3) is 0 Å². The number of fused-ring (bicyclic) bond motifs is 1. The first-order chi connectivity index (χ1) is 5.77. The summed E-state index contributed by atoms with van der Waals surface area (Å²) in [4.78, 5) is 0. The minimum atomic E-state index is 0.106. The minimum Gasteiger partial charge on any atom is -0.493 e. The summed E-state index contributed by atoms with van der Waals surface area (Å²) in [7, 11) is 0. The molecule has 3 heteroatoms. The van der Waals surface area contributed by atoms with E-state index in [1.165, 1.54) is 0 Å². The number of anilines is 1. The molecule has 0 amide bonds. The number of benzene rings is 1. The quantitative estimate of drug-likeness (QED) is 0.563. The highest BCUT2D eigenvalue weighted by atomic mass is 16.5. The summed E-state index contributed by atoms with van der Waals surface area (Å²) < 4.78 is 5.41. The maximum absolute atomic E-state index is 5.88. The van der Waals surface area contributed by atoms with Gasteiger partial charge in [0.2, 0.25) is 0 Å². The van der Waals surface area contributed by atoms with Crippen LogP contribution in [0.4, 0.5) is 5.69 Å². The van der Waals surface area contributed by atoms with Crippen molar-refractivity contribution in [1.82, 2.24) is 0 Å². The number of hydrogen-bond acceptors (Lipinski definition) is 3. The van der Waals surface area contributed by atoms with Gasteiger partial charge in [0.25, 0.3) is 0 Å². The molecule has 1 aliphatic rings. The van der Waals surface area contributed by atoms with E-state index in [1.807, 2.05) is 18.2 Å². The largest absolute Gasteiger partial charge is 0.493 e. The molecule has 1 atom stereocenters. The Labute approximate surface area is 71.3 Å². The predicted molar refractivity (Wildman–Crippen MR) is 47.9 cm³/mol. The molecule has 0 aromatic heterocycles. The summed E-state index contributed by atoms with van der Waals surface area (Å²) in [5.41, 5.74) is 13.3. The van der Waals surface area contributed by atoms with Gasteiger partial charge in [-0.25, -0.2) is 0 Å². The first-order valence-electron chi connectivity index (χ1n) is 4.05. The fourth-order valence-corrected chi connectivity index (χ4v) is 1.43. The third kappa shape index (κ3) is 1.12. The van der Waals surface area contributed by atoms with Crippen LogP contribution >= 0.6 is 0 Å². The summed E-state index contributed by atoms with van der Waals surface area (Å²) >= 11 is 0. The van der Waals surface area contributed by atoms with Gasteiger partial charge < -0.3 is 16.2 Å². The number of nitrogens with two attached hydrogens (primary N) is 2. The molecule has 1 aliphatic heterocycles. The Morgan fingerprint density at radius 2 is 2.25 bits per heavy atom. The first-order valence-corrected chi connectivity index (χ1v) is 4.05. The van der Waals surface area contributed by atoms with Crippen LogP contribution < -0.4 is 16.2 Å². The molecule has 0 bridgehead atoms. The molecule has 1 aromatic rings. The Morgan fingerprint density at radius 3 is 3.08 bits per heavy atom. The van der Waals surface area contributed by atoms with E-state index in [9.17, 15) is 0 Å². The van der Waals surface area contributed by atoms with Crippen LogP contribution in [0.5, 0.6) is 5.75 Å². The summed E-state index contributed by atoms with van der Waals surface area (Å²) in [6.07, 6.45) is 0.886. The molecular weight excluding hydrogens is 152 g/mol. The second-order valence-electron chi connectivity index (χ2n) is 3.04. The molecule has 0 aliphatic carbocycles. The molecule has 2 rings (SSSR count). The second-order valence-corrected chi connectivity index (χ2v) is 3.04. The van der Waals surface area contributed by atoms with Crippen molar-refractivity contribution in [2.45, 2.75) is 12.5 Å². The lowest BCUT2D eigenvalue weighted by Gasteiger charge is -2.22. The van der Waals surface area contributed by atoms with Gasteiger partial charge in [0.1, 0.15) is 5.75 Å². The molecule has 0 spiro atoms. The van der Waals surface area contributed by atoms with E-state index in [4.69, 9.17) is 16.2 Å². The fourth-order valence-electron chi connectivity index (χ4n) is 1.43. The summed E-state index contributed by atoms with van der Waals surface area (Å²) in [5, 5.41) is 0. The first kappa shape index (κ1) is 7.43. The third-order valence-electron chi connectivity index (χ3n) is 2.12. The highest BCUT2D eigenvalue weighted by Crippen LogP contribution is 2.31. The van der Waals surface area contributed by atoms with E-state index in [2.05, 4.69) is 0 Å². The Balaban J connectivity index is 2.46. The van der Waals surface area contributed by atoms with Crippen molar-refractivity contribution in [2.75, 3.05) is 12.3 Å². The molecule has 0 radical (unpaired) electrons. The van der Waals surface area contributed by atoms with Crippen LogP contribution in [0.3, 0.4) is 0 Å². The molecule has 0 saturated heterocycles. The van der Waals surface area contributed by atoms with Gasteiger partial charge in [0.05, 0.1) is 6.61 Å². The molecular formula is C9H12N2O. The van der Waals surface area contributed by atoms with Gasteiger partial charge in [-0.05, 0) is 6.07 Å². The lowest BCUT2D eigenvalue weighted by molar-refractivity contribution is 0.269. The summed E-state index contributed by atoms with van der Waals surface area (Å²) in [5.74, 6) is 0.841. The zero-order chi connectivity index (χ0) is 8.55. The molecule has 64 valence electrons. The van der Waals surface area contributed by atoms with Crippen molar-refractivity contribution in [3.63, 3.8) is 0 Å². The van der Waals surface area contributed by atoms with Crippen LogP contribution in [-0.4, -0.2) is 6.61 Å². The van der Waals surface area contributed by atoms with Gasteiger partial charge >= 0.3 is 0 Å². The number of ether oxygens (including phenoxy) is 1. The molecule has 3 nitrogen and oxygen atoms in total. The van der Waals surface area contributed by atoms with Gasteiger partial charge in [-0.15, -0.1) is 0 Å². The lowest BCUT2D eigenvalue weighted by atomic mass is 10.0. The fraction of sp³-hybridized carbons (Fsp3) is 0.333. The molecule has 1 aromatic carbocycles. The smallest absolute Gasteiger partial charge is 0.126 e. The highest BCUT2D eigenvalue weighted by Gasteiger charge is 2.17. The van der Waals surface area contributed by atoms with E-state index in [0.29, 0.717) is 6.61 Å². The SMILES string of the molecule is Nc1ccc2c(c1)OCC[C@@H]2N. The van der Waals surface area contributed by atoms with Crippen LogP contribution in [-0.2, 0) is 0 Å². The zero-order valence-corrected chi connectivity index (χ0v) is 6.79. The highest BCUT2D eigenvalue weighted by molar-refractivity contribution is 5.50. The van der Waals surface area contributed by atoms with Crippen molar-refractivity contribution in [3.05, 3.63) is 23.8 Å². The molecule has 1 heterocycles. The Kier molecular flexibility index (Phi) is 1.66. The van der Waals surface area contributed by atoms with E-state index >= 15 is 0 Å². The molecule has 4 N–H and O–H groups in total. The van der Waals surface area contributed by atoms with Crippen molar-refractivity contribution < 1.29 is 4.74 Å². The second kappa shape index (κ2) is 2.68. The van der Waals surface area contributed by atoms with E-state index in [-0.39, 0.29) is 6.04 Å². The number of rotatable bonds is 0. The van der Waals surface area contributed by atoms with Crippen LogP contribution in [0.2, 0.25) is 0 Å². The normalized spacial score (nSPS) is 21.2. The Morgan fingerprint density at radius 1 is 1.42 bits per heavy atom.